The van der Waals surface area contributed by atoms with Gasteiger partial charge in [-0.15, -0.1) is 0 Å². The zero-order valence-electron chi connectivity index (χ0n) is 11.6. The van der Waals surface area contributed by atoms with E-state index >= 15 is 0 Å². The van der Waals surface area contributed by atoms with Crippen LogP contribution in [0.15, 0.2) is 0 Å². The second kappa shape index (κ2) is 5.69. The van der Waals surface area contributed by atoms with Crippen molar-refractivity contribution in [2.24, 2.45) is 17.3 Å². The summed E-state index contributed by atoms with van der Waals surface area (Å²) in [5.41, 5.74) is -1.57. The van der Waals surface area contributed by atoms with E-state index in [0.717, 1.165) is 0 Å². The quantitative estimate of drug-likeness (QED) is 0.585. The first-order valence-corrected chi connectivity index (χ1v) is 6.18. The van der Waals surface area contributed by atoms with Crippen molar-refractivity contribution in [2.75, 3.05) is 14.2 Å². The molecule has 0 amide bonds. The van der Waals surface area contributed by atoms with E-state index in [9.17, 15) is 19.5 Å². The Morgan fingerprint density at radius 2 is 1.79 bits per heavy atom. The fourth-order valence-corrected chi connectivity index (χ4v) is 2.93. The summed E-state index contributed by atoms with van der Waals surface area (Å²) in [5.74, 6) is -2.99. The van der Waals surface area contributed by atoms with Gasteiger partial charge in [-0.2, -0.15) is 0 Å². The van der Waals surface area contributed by atoms with Crippen molar-refractivity contribution in [1.29, 1.82) is 0 Å². The summed E-state index contributed by atoms with van der Waals surface area (Å²) in [6, 6.07) is 0. The molecule has 0 heterocycles. The van der Waals surface area contributed by atoms with E-state index in [1.165, 1.54) is 28.1 Å². The number of aliphatic hydroxyl groups is 1. The predicted octanol–water partition coefficient (Wildman–Crippen LogP) is 0.315. The molecule has 1 N–H and O–H groups in total. The zero-order valence-corrected chi connectivity index (χ0v) is 11.6. The highest BCUT2D eigenvalue weighted by atomic mass is 16.5. The van der Waals surface area contributed by atoms with Crippen molar-refractivity contribution in [3.63, 3.8) is 0 Å². The molecule has 6 heteroatoms. The highest BCUT2D eigenvalue weighted by Gasteiger charge is 2.57. The highest BCUT2D eigenvalue weighted by molar-refractivity contribution is 6.01. The summed E-state index contributed by atoms with van der Waals surface area (Å²) in [4.78, 5) is 35.8. The minimum Gasteiger partial charge on any atom is -0.468 e. The number of carbonyl (C=O) groups excluding carboxylic acids is 3. The van der Waals surface area contributed by atoms with Crippen LogP contribution < -0.4 is 0 Å². The smallest absolute Gasteiger partial charge is 0.323 e. The predicted molar refractivity (Wildman–Crippen MR) is 65.0 cm³/mol. The molecular formula is C13H20O6. The first-order chi connectivity index (χ1) is 8.80. The minimum atomic E-state index is -1.57. The third-order valence-electron chi connectivity index (χ3n) is 3.99. The van der Waals surface area contributed by atoms with Gasteiger partial charge in [0.25, 0.3) is 0 Å². The number of ketones is 1. The van der Waals surface area contributed by atoms with Gasteiger partial charge in [0, 0.05) is 12.3 Å². The molecule has 108 valence electrons. The molecule has 0 bridgehead atoms. The number of aliphatic hydroxyl groups excluding tert-OH is 1. The van der Waals surface area contributed by atoms with E-state index in [2.05, 4.69) is 9.47 Å². The van der Waals surface area contributed by atoms with Crippen LogP contribution in [0.3, 0.4) is 0 Å². The maximum atomic E-state index is 12.0. The molecule has 1 aliphatic rings. The molecule has 0 aromatic rings. The van der Waals surface area contributed by atoms with Gasteiger partial charge in [-0.3, -0.25) is 14.4 Å². The molecule has 1 rings (SSSR count). The Bertz CT molecular complexity index is 371. The molecule has 2 unspecified atom stereocenters. The van der Waals surface area contributed by atoms with Crippen LogP contribution in [0.2, 0.25) is 0 Å². The summed E-state index contributed by atoms with van der Waals surface area (Å²) in [6.45, 7) is 2.89. The van der Waals surface area contributed by atoms with E-state index in [-0.39, 0.29) is 12.2 Å². The highest BCUT2D eigenvalue weighted by Crippen LogP contribution is 2.45. The second-order valence-corrected chi connectivity index (χ2v) is 5.06. The lowest BCUT2D eigenvalue weighted by Gasteiger charge is -2.34. The second-order valence-electron chi connectivity index (χ2n) is 5.06. The average molecular weight is 272 g/mol. The monoisotopic (exact) mass is 272 g/mol. The standard InChI is InChI=1S/C13H20O6/c1-7(14)10-8(5-6-9(10)15)13(2,11(16)18-3)12(17)19-4/h7-8,10,14H,5-6H2,1-4H3/t7?,8-,10?/m1/s1. The average Bonchev–Trinajstić information content (AvgIpc) is 2.78. The van der Waals surface area contributed by atoms with Gasteiger partial charge in [0.2, 0.25) is 0 Å². The molecule has 0 saturated heterocycles. The molecule has 0 aromatic carbocycles. The Morgan fingerprint density at radius 1 is 1.32 bits per heavy atom. The molecular weight excluding hydrogens is 252 g/mol. The molecule has 6 nitrogen and oxygen atoms in total. The molecule has 19 heavy (non-hydrogen) atoms. The normalized spacial score (nSPS) is 25.0. The molecule has 0 aromatic heterocycles. The lowest BCUT2D eigenvalue weighted by Crippen LogP contribution is -2.48. The first-order valence-electron chi connectivity index (χ1n) is 6.18. The zero-order chi connectivity index (χ0) is 14.8. The van der Waals surface area contributed by atoms with Gasteiger partial charge in [-0.1, -0.05) is 0 Å². The number of carbonyl (C=O) groups is 3. The Morgan fingerprint density at radius 3 is 2.16 bits per heavy atom. The van der Waals surface area contributed by atoms with Crippen LogP contribution in [0.5, 0.6) is 0 Å². The summed E-state index contributed by atoms with van der Waals surface area (Å²) in [7, 11) is 2.36. The van der Waals surface area contributed by atoms with Crippen LogP contribution in [-0.2, 0) is 23.9 Å². The minimum absolute atomic E-state index is 0.140. The van der Waals surface area contributed by atoms with Gasteiger partial charge in [0.05, 0.1) is 20.3 Å². The lowest BCUT2D eigenvalue weighted by molar-refractivity contribution is -0.174. The van der Waals surface area contributed by atoms with Crippen LogP contribution >= 0.6 is 0 Å². The van der Waals surface area contributed by atoms with E-state index in [1.54, 1.807) is 0 Å². The Balaban J connectivity index is 3.22. The number of hydrogen-bond acceptors (Lipinski definition) is 6. The van der Waals surface area contributed by atoms with Gasteiger partial charge in [0.1, 0.15) is 5.78 Å². The SMILES string of the molecule is COC(=O)C(C)(C(=O)OC)[C@@H]1CCC(=O)C1C(C)O. The fraction of sp³-hybridized carbons (Fsp3) is 0.769. The Kier molecular flexibility index (Phi) is 4.68. The van der Waals surface area contributed by atoms with Crippen molar-refractivity contribution < 1.29 is 29.0 Å². The number of Topliss-reactive ketones (excluding diaryl/α,β-unsaturated/α-hetero) is 1. The van der Waals surface area contributed by atoms with Crippen LogP contribution in [0, 0.1) is 17.3 Å². The molecule has 0 spiro atoms. The van der Waals surface area contributed by atoms with Crippen LogP contribution in [0.1, 0.15) is 26.7 Å². The van der Waals surface area contributed by atoms with E-state index < -0.39 is 35.3 Å². The van der Waals surface area contributed by atoms with E-state index in [0.29, 0.717) is 6.42 Å². The van der Waals surface area contributed by atoms with Gasteiger partial charge < -0.3 is 14.6 Å². The molecule has 1 saturated carbocycles. The van der Waals surface area contributed by atoms with Crippen molar-refractivity contribution in [2.45, 2.75) is 32.8 Å². The number of ether oxygens (including phenoxy) is 2. The summed E-state index contributed by atoms with van der Waals surface area (Å²) in [5, 5.41) is 9.74. The molecule has 3 atom stereocenters. The molecule has 0 radical (unpaired) electrons. The fourth-order valence-electron chi connectivity index (χ4n) is 2.93. The Labute approximate surface area is 112 Å². The van der Waals surface area contributed by atoms with E-state index in [1.807, 2.05) is 0 Å². The Hall–Kier alpha value is -1.43. The van der Waals surface area contributed by atoms with Crippen LogP contribution in [0.4, 0.5) is 0 Å². The topological polar surface area (TPSA) is 89.9 Å². The van der Waals surface area contributed by atoms with Gasteiger partial charge in [-0.25, -0.2) is 0 Å². The third-order valence-corrected chi connectivity index (χ3v) is 3.99. The van der Waals surface area contributed by atoms with Crippen molar-refractivity contribution in [1.82, 2.24) is 0 Å². The summed E-state index contributed by atoms with van der Waals surface area (Å²) < 4.78 is 9.36. The molecule has 1 aliphatic carbocycles. The molecule has 1 fully saturated rings. The van der Waals surface area contributed by atoms with Gasteiger partial charge in [-0.05, 0) is 26.2 Å². The van der Waals surface area contributed by atoms with Crippen LogP contribution in [0.25, 0.3) is 0 Å². The first kappa shape index (κ1) is 15.6. The maximum Gasteiger partial charge on any atom is 0.323 e. The number of rotatable bonds is 4. The number of esters is 2. The van der Waals surface area contributed by atoms with Crippen LogP contribution in [-0.4, -0.2) is 43.2 Å². The number of methoxy groups -OCH3 is 2. The van der Waals surface area contributed by atoms with Crippen molar-refractivity contribution in [3.8, 4) is 0 Å². The third kappa shape index (κ3) is 2.49. The van der Waals surface area contributed by atoms with Gasteiger partial charge in [0.15, 0.2) is 5.41 Å². The van der Waals surface area contributed by atoms with E-state index in [4.69, 9.17) is 0 Å². The van der Waals surface area contributed by atoms with Crippen molar-refractivity contribution in [3.05, 3.63) is 0 Å². The number of hydrogen-bond donors (Lipinski definition) is 1. The largest absolute Gasteiger partial charge is 0.468 e. The summed E-state index contributed by atoms with van der Waals surface area (Å²) >= 11 is 0. The lowest BCUT2D eigenvalue weighted by atomic mass is 9.70. The summed E-state index contributed by atoms with van der Waals surface area (Å²) in [6.07, 6.45) is -0.326. The van der Waals surface area contributed by atoms with Crippen molar-refractivity contribution >= 4 is 17.7 Å². The molecule has 0 aliphatic heterocycles. The maximum absolute atomic E-state index is 12.0. The van der Waals surface area contributed by atoms with Gasteiger partial charge >= 0.3 is 11.9 Å².